The van der Waals surface area contributed by atoms with E-state index in [0.717, 1.165) is 29.1 Å². The van der Waals surface area contributed by atoms with Crippen LogP contribution >= 0.6 is 0 Å². The summed E-state index contributed by atoms with van der Waals surface area (Å²) in [5, 5.41) is 12.5. The van der Waals surface area contributed by atoms with Gasteiger partial charge in [-0.25, -0.2) is 4.39 Å². The summed E-state index contributed by atoms with van der Waals surface area (Å²) in [4.78, 5) is 16.7. The molecule has 10 heteroatoms. The van der Waals surface area contributed by atoms with E-state index in [1.807, 2.05) is 12.1 Å². The van der Waals surface area contributed by atoms with E-state index in [-0.39, 0.29) is 11.9 Å². The molecule has 180 valence electrons. The van der Waals surface area contributed by atoms with Gasteiger partial charge in [0.2, 0.25) is 0 Å². The lowest BCUT2D eigenvalue weighted by atomic mass is 10.0. The predicted molar refractivity (Wildman–Crippen MR) is 115 cm³/mol. The molecule has 0 fully saturated rings. The topological polar surface area (TPSA) is 80.7 Å². The third-order valence-corrected chi connectivity index (χ3v) is 4.82. The number of aliphatic hydroxyl groups is 1. The summed E-state index contributed by atoms with van der Waals surface area (Å²) in [7, 11) is 0. The molecule has 2 N–H and O–H groups in total. The summed E-state index contributed by atoms with van der Waals surface area (Å²) in [6.45, 7) is 2.25. The fourth-order valence-electron chi connectivity index (χ4n) is 3.16. The van der Waals surface area contributed by atoms with Gasteiger partial charge in [0.15, 0.2) is 11.6 Å². The van der Waals surface area contributed by atoms with Crippen LogP contribution in [0.25, 0.3) is 0 Å². The summed E-state index contributed by atoms with van der Waals surface area (Å²) in [6.07, 6.45) is -2.99. The first-order chi connectivity index (χ1) is 16.1. The normalized spacial score (nSPS) is 15.6. The largest absolute Gasteiger partial charge is 0.573 e. The zero-order chi connectivity index (χ0) is 24.7. The van der Waals surface area contributed by atoms with Gasteiger partial charge >= 0.3 is 6.36 Å². The molecule has 1 aromatic heterocycles. The average molecular weight is 478 g/mol. The Balaban J connectivity index is 0.000000229. The molecule has 1 aliphatic rings. The first-order valence-corrected chi connectivity index (χ1v) is 10.3. The molecule has 2 atom stereocenters. The van der Waals surface area contributed by atoms with Gasteiger partial charge in [0.05, 0.1) is 18.8 Å². The molecular formula is C24H22F4N2O4. The minimum atomic E-state index is -4.85. The summed E-state index contributed by atoms with van der Waals surface area (Å²) >= 11 is 0. The minimum absolute atomic E-state index is 0.145. The van der Waals surface area contributed by atoms with Crippen LogP contribution in [0.3, 0.4) is 0 Å². The van der Waals surface area contributed by atoms with Crippen molar-refractivity contribution in [2.45, 2.75) is 31.9 Å². The van der Waals surface area contributed by atoms with Gasteiger partial charge in [0.1, 0.15) is 11.4 Å². The molecule has 0 saturated carbocycles. The number of carbonyl (C=O) groups is 1. The highest BCUT2D eigenvalue weighted by molar-refractivity contribution is 5.94. The average Bonchev–Trinajstić information content (AvgIpc) is 2.80. The van der Waals surface area contributed by atoms with Crippen molar-refractivity contribution in [1.82, 2.24) is 10.3 Å². The molecular weight excluding hydrogens is 456 g/mol. The maximum absolute atomic E-state index is 12.5. The van der Waals surface area contributed by atoms with Gasteiger partial charge in [-0.3, -0.25) is 9.78 Å². The molecule has 1 amide bonds. The molecule has 3 aromatic rings. The van der Waals surface area contributed by atoms with E-state index in [0.29, 0.717) is 18.6 Å². The molecule has 6 nitrogen and oxygen atoms in total. The lowest BCUT2D eigenvalue weighted by molar-refractivity contribution is -0.275. The third kappa shape index (κ3) is 6.92. The van der Waals surface area contributed by atoms with Crippen molar-refractivity contribution < 1.29 is 36.9 Å². The maximum atomic E-state index is 12.5. The number of nitrogens with zero attached hydrogens (tertiary/aromatic N) is 1. The van der Waals surface area contributed by atoms with Crippen molar-refractivity contribution >= 4 is 5.91 Å². The number of aromatic nitrogens is 1. The van der Waals surface area contributed by atoms with Crippen LogP contribution in [-0.4, -0.2) is 29.0 Å². The van der Waals surface area contributed by atoms with E-state index in [2.05, 4.69) is 15.0 Å². The van der Waals surface area contributed by atoms with Gasteiger partial charge in [0, 0.05) is 18.2 Å². The molecule has 34 heavy (non-hydrogen) atoms. The second-order valence-electron chi connectivity index (χ2n) is 7.33. The van der Waals surface area contributed by atoms with E-state index >= 15 is 0 Å². The smallest absolute Gasteiger partial charge is 0.491 e. The number of carbonyl (C=O) groups excluding carboxylic acids is 1. The molecule has 2 unspecified atom stereocenters. The Labute approximate surface area is 193 Å². The second-order valence-corrected chi connectivity index (χ2v) is 7.33. The molecule has 0 radical (unpaired) electrons. The summed E-state index contributed by atoms with van der Waals surface area (Å²) in [5.41, 5.74) is 2.12. The number of ether oxygens (including phenoxy) is 2. The first-order valence-electron chi connectivity index (χ1n) is 10.3. The highest BCUT2D eigenvalue weighted by atomic mass is 19.4. The number of hydrogen-bond donors (Lipinski definition) is 2. The van der Waals surface area contributed by atoms with Crippen molar-refractivity contribution in [3.8, 4) is 11.5 Å². The summed E-state index contributed by atoms with van der Waals surface area (Å²) in [5.74, 6) is -1.27. The fraction of sp³-hybridized carbons (Fsp3) is 0.250. The quantitative estimate of drug-likeness (QED) is 0.510. The van der Waals surface area contributed by atoms with E-state index in [4.69, 9.17) is 4.74 Å². The number of alkyl halides is 3. The number of hydrogen-bond acceptors (Lipinski definition) is 5. The molecule has 0 saturated heterocycles. The highest BCUT2D eigenvalue weighted by Gasteiger charge is 2.32. The Morgan fingerprint density at radius 2 is 1.85 bits per heavy atom. The number of pyridine rings is 1. The fourth-order valence-corrected chi connectivity index (χ4v) is 3.16. The first kappa shape index (κ1) is 25.0. The van der Waals surface area contributed by atoms with Crippen molar-refractivity contribution in [2.24, 2.45) is 0 Å². The molecule has 2 aromatic carbocycles. The number of aliphatic hydroxyl groups excluding tert-OH is 1. The van der Waals surface area contributed by atoms with Crippen LogP contribution in [0.2, 0.25) is 0 Å². The van der Waals surface area contributed by atoms with Gasteiger partial charge in [-0.1, -0.05) is 24.3 Å². The number of halogens is 4. The highest BCUT2D eigenvalue weighted by Crippen LogP contribution is 2.30. The van der Waals surface area contributed by atoms with Crippen LogP contribution in [-0.2, 0) is 0 Å². The zero-order valence-electron chi connectivity index (χ0n) is 18.1. The minimum Gasteiger partial charge on any atom is -0.491 e. The monoisotopic (exact) mass is 478 g/mol. The van der Waals surface area contributed by atoms with Crippen molar-refractivity contribution in [1.29, 1.82) is 0 Å². The van der Waals surface area contributed by atoms with E-state index in [9.17, 15) is 27.5 Å². The van der Waals surface area contributed by atoms with Crippen molar-refractivity contribution in [2.75, 3.05) is 6.61 Å². The number of amides is 1. The van der Waals surface area contributed by atoms with E-state index < -0.39 is 24.0 Å². The van der Waals surface area contributed by atoms with E-state index in [1.54, 1.807) is 37.4 Å². The zero-order valence-corrected chi connectivity index (χ0v) is 18.1. The van der Waals surface area contributed by atoms with Crippen LogP contribution < -0.4 is 14.8 Å². The van der Waals surface area contributed by atoms with Gasteiger partial charge in [-0.2, -0.15) is 0 Å². The van der Waals surface area contributed by atoms with E-state index in [1.165, 1.54) is 12.1 Å². The van der Waals surface area contributed by atoms with Crippen LogP contribution in [0.15, 0.2) is 66.9 Å². The number of nitrogens with one attached hydrogen (secondary N) is 1. The lowest BCUT2D eigenvalue weighted by Gasteiger charge is -2.25. The van der Waals surface area contributed by atoms with Crippen LogP contribution in [0, 0.1) is 5.82 Å². The standard InChI is InChI=1S/C17H18N2O3.C7H4F4O/c1-11(20)12-4-6-13(7-5-12)17(21)19-14-8-10-22-15-3-2-9-18-16(14)15;8-5-3-1-2-4-6(5)12-7(9,10)11/h2-7,9,11,14,20H,8,10H2,1H3,(H,19,21);1-4H. The molecule has 0 bridgehead atoms. The number of benzene rings is 2. The van der Waals surface area contributed by atoms with Gasteiger partial charge in [-0.05, 0) is 48.9 Å². The summed E-state index contributed by atoms with van der Waals surface area (Å²) in [6, 6.07) is 14.8. The Kier molecular flexibility index (Phi) is 8.06. The number of para-hydroxylation sites is 1. The van der Waals surface area contributed by atoms with Crippen molar-refractivity contribution in [3.63, 3.8) is 0 Å². The van der Waals surface area contributed by atoms with Crippen LogP contribution in [0.1, 0.15) is 47.1 Å². The number of fused-ring (bicyclic) bond motifs is 1. The molecule has 2 heterocycles. The Hall–Kier alpha value is -3.66. The SMILES string of the molecule is CC(O)c1ccc(C(=O)NC2CCOc3cccnc32)cc1.Fc1ccccc1OC(F)(F)F. The van der Waals surface area contributed by atoms with Gasteiger partial charge in [-0.15, -0.1) is 13.2 Å². The maximum Gasteiger partial charge on any atom is 0.573 e. The Bertz CT molecular complexity index is 1100. The lowest BCUT2D eigenvalue weighted by Crippen LogP contribution is -2.32. The van der Waals surface area contributed by atoms with Crippen molar-refractivity contribution in [3.05, 3.63) is 89.5 Å². The molecule has 1 aliphatic heterocycles. The van der Waals surface area contributed by atoms with Crippen LogP contribution in [0.5, 0.6) is 11.5 Å². The third-order valence-electron chi connectivity index (χ3n) is 4.82. The molecule has 0 spiro atoms. The van der Waals surface area contributed by atoms with Gasteiger partial charge in [0.25, 0.3) is 5.91 Å². The number of rotatable bonds is 4. The Morgan fingerprint density at radius 3 is 2.50 bits per heavy atom. The molecule has 4 rings (SSSR count). The molecule has 0 aliphatic carbocycles. The Morgan fingerprint density at radius 1 is 1.15 bits per heavy atom. The van der Waals surface area contributed by atoms with Crippen LogP contribution in [0.4, 0.5) is 17.6 Å². The van der Waals surface area contributed by atoms with Gasteiger partial charge < -0.3 is 19.9 Å². The summed E-state index contributed by atoms with van der Waals surface area (Å²) < 4.78 is 56.0. The predicted octanol–water partition coefficient (Wildman–Crippen LogP) is 5.11. The second kappa shape index (κ2) is 11.0.